The SMILES string of the molecule is CC1(C)c2cc(-c3cc(-c4ccccc4)cc(-c4ccccc4)c3)ccc2Oc2c1ccc1c2sc2ccccc21. The van der Waals surface area contributed by atoms with Gasteiger partial charge in [0, 0.05) is 32.0 Å². The van der Waals surface area contributed by atoms with Crippen LogP contribution in [0.25, 0.3) is 53.6 Å². The molecule has 0 saturated heterocycles. The van der Waals surface area contributed by atoms with E-state index in [0.717, 1.165) is 11.5 Å². The molecular weight excluding hydrogens is 516 g/mol. The summed E-state index contributed by atoms with van der Waals surface area (Å²) >= 11 is 1.83. The van der Waals surface area contributed by atoms with Crippen molar-refractivity contribution in [3.63, 3.8) is 0 Å². The van der Waals surface area contributed by atoms with Gasteiger partial charge in [0.2, 0.25) is 0 Å². The Bertz CT molecular complexity index is 2030. The van der Waals surface area contributed by atoms with E-state index in [-0.39, 0.29) is 5.41 Å². The molecule has 0 fully saturated rings. The summed E-state index contributed by atoms with van der Waals surface area (Å²) in [6.07, 6.45) is 0. The fraction of sp³-hybridized carbons (Fsp3) is 0.0769. The molecule has 1 nitrogen and oxygen atoms in total. The van der Waals surface area contributed by atoms with E-state index in [1.54, 1.807) is 0 Å². The molecule has 1 aromatic heterocycles. The third kappa shape index (κ3) is 3.90. The fourth-order valence-electron chi connectivity index (χ4n) is 6.29. The van der Waals surface area contributed by atoms with Crippen molar-refractivity contribution in [2.75, 3.05) is 0 Å². The van der Waals surface area contributed by atoms with Crippen molar-refractivity contribution in [2.24, 2.45) is 0 Å². The first kappa shape index (κ1) is 24.2. The van der Waals surface area contributed by atoms with Crippen molar-refractivity contribution in [3.05, 3.63) is 145 Å². The Morgan fingerprint density at radius 2 is 1.10 bits per heavy atom. The maximum Gasteiger partial charge on any atom is 0.149 e. The largest absolute Gasteiger partial charge is 0.455 e. The minimum Gasteiger partial charge on any atom is -0.455 e. The van der Waals surface area contributed by atoms with E-state index < -0.39 is 0 Å². The number of rotatable bonds is 3. The average Bonchev–Trinajstić information content (AvgIpc) is 3.41. The zero-order valence-electron chi connectivity index (χ0n) is 23.0. The second-order valence-electron chi connectivity index (χ2n) is 11.4. The van der Waals surface area contributed by atoms with E-state index in [9.17, 15) is 0 Å². The molecule has 0 unspecified atom stereocenters. The number of thiophene rings is 1. The van der Waals surface area contributed by atoms with E-state index in [2.05, 4.69) is 147 Å². The van der Waals surface area contributed by atoms with Gasteiger partial charge in [-0.3, -0.25) is 0 Å². The highest BCUT2D eigenvalue weighted by molar-refractivity contribution is 7.26. The molecule has 6 aromatic carbocycles. The van der Waals surface area contributed by atoms with Crippen LogP contribution in [0.3, 0.4) is 0 Å². The second-order valence-corrected chi connectivity index (χ2v) is 12.4. The van der Waals surface area contributed by atoms with Crippen LogP contribution in [0, 0.1) is 0 Å². The van der Waals surface area contributed by atoms with Gasteiger partial charge in [-0.2, -0.15) is 0 Å². The van der Waals surface area contributed by atoms with Gasteiger partial charge in [0.05, 0.1) is 4.70 Å². The Morgan fingerprint density at radius 1 is 0.488 bits per heavy atom. The van der Waals surface area contributed by atoms with Crippen LogP contribution in [0.4, 0.5) is 0 Å². The van der Waals surface area contributed by atoms with Crippen LogP contribution in [0.15, 0.2) is 133 Å². The van der Waals surface area contributed by atoms with Gasteiger partial charge < -0.3 is 4.74 Å². The maximum atomic E-state index is 6.74. The molecule has 1 aliphatic rings. The van der Waals surface area contributed by atoms with Gasteiger partial charge in [-0.1, -0.05) is 111 Å². The highest BCUT2D eigenvalue weighted by atomic mass is 32.1. The number of hydrogen-bond acceptors (Lipinski definition) is 2. The molecule has 0 bridgehead atoms. The molecule has 196 valence electrons. The third-order valence-electron chi connectivity index (χ3n) is 8.52. The zero-order valence-corrected chi connectivity index (χ0v) is 23.8. The number of ether oxygens (including phenoxy) is 1. The highest BCUT2D eigenvalue weighted by Gasteiger charge is 2.36. The number of benzene rings is 6. The van der Waals surface area contributed by atoms with Gasteiger partial charge in [-0.05, 0) is 69.8 Å². The van der Waals surface area contributed by atoms with Crippen LogP contribution in [0.2, 0.25) is 0 Å². The lowest BCUT2D eigenvalue weighted by molar-refractivity contribution is 0.424. The van der Waals surface area contributed by atoms with Gasteiger partial charge in [0.15, 0.2) is 0 Å². The van der Waals surface area contributed by atoms with E-state index in [1.807, 2.05) is 11.3 Å². The molecule has 0 aliphatic carbocycles. The Hall–Kier alpha value is -4.66. The summed E-state index contributed by atoms with van der Waals surface area (Å²) in [6, 6.07) is 48.1. The van der Waals surface area contributed by atoms with E-state index in [1.165, 1.54) is 64.7 Å². The molecule has 7 aromatic rings. The molecular formula is C39H28OS. The van der Waals surface area contributed by atoms with Crippen molar-refractivity contribution >= 4 is 31.5 Å². The summed E-state index contributed by atoms with van der Waals surface area (Å²) in [5.74, 6) is 1.95. The van der Waals surface area contributed by atoms with Gasteiger partial charge >= 0.3 is 0 Å². The van der Waals surface area contributed by atoms with E-state index in [0.29, 0.717) is 0 Å². The van der Waals surface area contributed by atoms with Crippen LogP contribution in [0.5, 0.6) is 11.5 Å². The van der Waals surface area contributed by atoms with Crippen LogP contribution in [-0.4, -0.2) is 0 Å². The lowest BCUT2D eigenvalue weighted by atomic mass is 9.75. The standard InChI is InChI=1S/C39H28OS/c1-39(2)33-19-18-32-31-15-9-10-16-36(31)41-38(32)37(33)40-35-20-17-27(24-34(35)39)30-22-28(25-11-5-3-6-12-25)21-29(23-30)26-13-7-4-8-14-26/h3-24H,1-2H3. The molecule has 1 aliphatic heterocycles. The summed E-state index contributed by atoms with van der Waals surface area (Å²) in [5, 5.41) is 2.57. The summed E-state index contributed by atoms with van der Waals surface area (Å²) in [7, 11) is 0. The van der Waals surface area contributed by atoms with Crippen molar-refractivity contribution in [1.82, 2.24) is 0 Å². The molecule has 0 N–H and O–H groups in total. The molecule has 8 rings (SSSR count). The predicted molar refractivity (Wildman–Crippen MR) is 174 cm³/mol. The second kappa shape index (κ2) is 9.19. The predicted octanol–water partition coefficient (Wildman–Crippen LogP) is 11.5. The smallest absolute Gasteiger partial charge is 0.149 e. The Labute approximate surface area is 244 Å². The average molecular weight is 545 g/mol. The molecule has 2 heteroatoms. The summed E-state index contributed by atoms with van der Waals surface area (Å²) in [4.78, 5) is 0. The maximum absolute atomic E-state index is 6.74. The van der Waals surface area contributed by atoms with Gasteiger partial charge in [0.25, 0.3) is 0 Å². The summed E-state index contributed by atoms with van der Waals surface area (Å²) in [5.41, 5.74) is 9.52. The first-order valence-corrected chi connectivity index (χ1v) is 14.9. The molecule has 41 heavy (non-hydrogen) atoms. The highest BCUT2D eigenvalue weighted by Crippen LogP contribution is 2.53. The Kier molecular flexibility index (Phi) is 5.42. The Morgan fingerprint density at radius 3 is 1.78 bits per heavy atom. The zero-order chi connectivity index (χ0) is 27.6. The minimum atomic E-state index is -0.206. The van der Waals surface area contributed by atoms with E-state index >= 15 is 0 Å². The molecule has 0 saturated carbocycles. The third-order valence-corrected chi connectivity index (χ3v) is 9.71. The monoisotopic (exact) mass is 544 g/mol. The van der Waals surface area contributed by atoms with Crippen molar-refractivity contribution < 1.29 is 4.74 Å². The molecule has 2 heterocycles. The fourth-order valence-corrected chi connectivity index (χ4v) is 7.48. The van der Waals surface area contributed by atoms with Gasteiger partial charge in [-0.15, -0.1) is 11.3 Å². The number of fused-ring (bicyclic) bond motifs is 6. The topological polar surface area (TPSA) is 9.23 Å². The first-order chi connectivity index (χ1) is 20.1. The van der Waals surface area contributed by atoms with Crippen molar-refractivity contribution in [3.8, 4) is 44.9 Å². The molecule has 0 amide bonds. The lowest BCUT2D eigenvalue weighted by Crippen LogP contribution is -2.24. The van der Waals surface area contributed by atoms with Crippen molar-refractivity contribution in [1.29, 1.82) is 0 Å². The number of hydrogen-bond donors (Lipinski definition) is 0. The van der Waals surface area contributed by atoms with Gasteiger partial charge in [-0.25, -0.2) is 0 Å². The first-order valence-electron chi connectivity index (χ1n) is 14.1. The van der Waals surface area contributed by atoms with Crippen LogP contribution >= 0.6 is 11.3 Å². The molecule has 0 atom stereocenters. The quantitative estimate of drug-likeness (QED) is 0.215. The summed E-state index contributed by atoms with van der Waals surface area (Å²) < 4.78 is 9.27. The minimum absolute atomic E-state index is 0.206. The van der Waals surface area contributed by atoms with E-state index in [4.69, 9.17) is 4.74 Å². The lowest BCUT2D eigenvalue weighted by Gasteiger charge is -2.35. The van der Waals surface area contributed by atoms with Crippen LogP contribution in [-0.2, 0) is 5.41 Å². The van der Waals surface area contributed by atoms with Crippen LogP contribution in [0.1, 0.15) is 25.0 Å². The van der Waals surface area contributed by atoms with Crippen LogP contribution < -0.4 is 4.74 Å². The van der Waals surface area contributed by atoms with Crippen molar-refractivity contribution in [2.45, 2.75) is 19.3 Å². The summed E-state index contributed by atoms with van der Waals surface area (Å²) in [6.45, 7) is 4.65. The molecule has 0 radical (unpaired) electrons. The molecule has 0 spiro atoms. The normalized spacial score (nSPS) is 13.5. The van der Waals surface area contributed by atoms with Gasteiger partial charge in [0.1, 0.15) is 11.5 Å². The Balaban J connectivity index is 1.28.